The molecule has 1 aromatic rings. The van der Waals surface area contributed by atoms with Gasteiger partial charge in [-0.3, -0.25) is 0 Å². The predicted molar refractivity (Wildman–Crippen MR) is 88.3 cm³/mol. The van der Waals surface area contributed by atoms with Crippen molar-refractivity contribution in [3.8, 4) is 0 Å². The van der Waals surface area contributed by atoms with Crippen molar-refractivity contribution in [2.45, 2.75) is 65.7 Å². The molecule has 1 heterocycles. The molecule has 0 spiro atoms. The minimum absolute atomic E-state index is 0.282. The van der Waals surface area contributed by atoms with Gasteiger partial charge in [0.15, 0.2) is 0 Å². The van der Waals surface area contributed by atoms with Gasteiger partial charge in [0, 0.05) is 18.0 Å². The average molecular weight is 291 g/mol. The van der Waals surface area contributed by atoms with Crippen LogP contribution in [0.15, 0.2) is 0 Å². The summed E-state index contributed by atoms with van der Waals surface area (Å²) in [4.78, 5) is 9.17. The molecule has 0 amide bonds. The van der Waals surface area contributed by atoms with Crippen molar-refractivity contribution >= 4 is 11.6 Å². The van der Waals surface area contributed by atoms with Crippen LogP contribution >= 0.6 is 0 Å². The summed E-state index contributed by atoms with van der Waals surface area (Å²) in [5.41, 5.74) is 4.12. The van der Waals surface area contributed by atoms with E-state index in [2.05, 4.69) is 41.5 Å². The third-order valence-corrected chi connectivity index (χ3v) is 4.86. The molecule has 1 aliphatic rings. The number of rotatable bonds is 6. The molecule has 21 heavy (non-hydrogen) atoms. The maximum absolute atomic E-state index is 5.59. The lowest BCUT2D eigenvalue weighted by Crippen LogP contribution is -2.27. The highest BCUT2D eigenvalue weighted by Gasteiger charge is 2.32. The first-order valence-electron chi connectivity index (χ1n) is 8.10. The summed E-state index contributed by atoms with van der Waals surface area (Å²) < 4.78 is 0. The first-order valence-corrected chi connectivity index (χ1v) is 8.10. The zero-order valence-corrected chi connectivity index (χ0v) is 13.8. The van der Waals surface area contributed by atoms with Gasteiger partial charge in [0.2, 0.25) is 0 Å². The standard InChI is InChI=1S/C16H29N5/c1-5-16(8-6-7-9-16)10-18-14-12(4)15(21-17)20-13(19-14)11(2)3/h11H,5-10,17H2,1-4H3,(H2,18,19,20,21). The predicted octanol–water partition coefficient (Wildman–Crippen LogP) is 3.58. The van der Waals surface area contributed by atoms with Crippen LogP contribution in [0.2, 0.25) is 0 Å². The van der Waals surface area contributed by atoms with Crippen LogP contribution in [0.5, 0.6) is 0 Å². The summed E-state index contributed by atoms with van der Waals surface area (Å²) >= 11 is 0. The molecule has 118 valence electrons. The maximum Gasteiger partial charge on any atom is 0.148 e. The van der Waals surface area contributed by atoms with E-state index in [4.69, 9.17) is 5.84 Å². The SMILES string of the molecule is CCC1(CNc2nc(C(C)C)nc(NN)c2C)CCCC1. The van der Waals surface area contributed by atoms with Crippen LogP contribution in [0.3, 0.4) is 0 Å². The summed E-state index contributed by atoms with van der Waals surface area (Å²) in [5.74, 6) is 8.33. The van der Waals surface area contributed by atoms with Gasteiger partial charge >= 0.3 is 0 Å². The van der Waals surface area contributed by atoms with Gasteiger partial charge in [-0.15, -0.1) is 0 Å². The monoisotopic (exact) mass is 291 g/mol. The molecule has 0 unspecified atom stereocenters. The van der Waals surface area contributed by atoms with Gasteiger partial charge in [-0.05, 0) is 31.6 Å². The molecule has 0 atom stereocenters. The van der Waals surface area contributed by atoms with Crippen molar-refractivity contribution in [3.63, 3.8) is 0 Å². The van der Waals surface area contributed by atoms with Gasteiger partial charge in [0.05, 0.1) is 0 Å². The van der Waals surface area contributed by atoms with Crippen LogP contribution in [0.1, 0.15) is 70.2 Å². The van der Waals surface area contributed by atoms with E-state index in [1.54, 1.807) is 0 Å². The lowest BCUT2D eigenvalue weighted by Gasteiger charge is -2.28. The lowest BCUT2D eigenvalue weighted by molar-refractivity contribution is 0.306. The molecular weight excluding hydrogens is 262 g/mol. The molecule has 1 aromatic heterocycles. The van der Waals surface area contributed by atoms with Gasteiger partial charge in [0.1, 0.15) is 17.5 Å². The fraction of sp³-hybridized carbons (Fsp3) is 0.750. The second kappa shape index (κ2) is 6.60. The number of nitrogen functional groups attached to an aromatic ring is 1. The van der Waals surface area contributed by atoms with E-state index in [0.717, 1.165) is 23.8 Å². The normalized spacial score (nSPS) is 17.2. The van der Waals surface area contributed by atoms with Crippen LogP contribution in [-0.4, -0.2) is 16.5 Å². The molecule has 1 fully saturated rings. The molecule has 0 radical (unpaired) electrons. The van der Waals surface area contributed by atoms with Crippen molar-refractivity contribution in [1.29, 1.82) is 0 Å². The molecule has 4 N–H and O–H groups in total. The van der Waals surface area contributed by atoms with E-state index in [-0.39, 0.29) is 5.92 Å². The van der Waals surface area contributed by atoms with Gasteiger partial charge in [-0.25, -0.2) is 15.8 Å². The van der Waals surface area contributed by atoms with E-state index in [9.17, 15) is 0 Å². The number of hydrogen-bond acceptors (Lipinski definition) is 5. The lowest BCUT2D eigenvalue weighted by atomic mass is 9.83. The third kappa shape index (κ3) is 3.46. The quantitative estimate of drug-likeness (QED) is 0.552. The van der Waals surface area contributed by atoms with Crippen molar-refractivity contribution in [3.05, 3.63) is 11.4 Å². The summed E-state index contributed by atoms with van der Waals surface area (Å²) in [6.45, 7) is 9.49. The highest BCUT2D eigenvalue weighted by atomic mass is 15.3. The topological polar surface area (TPSA) is 75.9 Å². The zero-order valence-electron chi connectivity index (χ0n) is 13.8. The number of nitrogens with one attached hydrogen (secondary N) is 2. The Kier molecular flexibility index (Phi) is 5.04. The van der Waals surface area contributed by atoms with Crippen LogP contribution in [0, 0.1) is 12.3 Å². The smallest absolute Gasteiger partial charge is 0.148 e. The second-order valence-corrected chi connectivity index (χ2v) is 6.62. The van der Waals surface area contributed by atoms with Gasteiger partial charge in [-0.1, -0.05) is 33.6 Å². The van der Waals surface area contributed by atoms with Crippen LogP contribution in [0.25, 0.3) is 0 Å². The van der Waals surface area contributed by atoms with Crippen LogP contribution in [-0.2, 0) is 0 Å². The largest absolute Gasteiger partial charge is 0.369 e. The minimum Gasteiger partial charge on any atom is -0.369 e. The van der Waals surface area contributed by atoms with E-state index < -0.39 is 0 Å². The molecule has 5 heteroatoms. The fourth-order valence-corrected chi connectivity index (χ4v) is 3.16. The molecule has 2 rings (SSSR count). The van der Waals surface area contributed by atoms with Gasteiger partial charge in [-0.2, -0.15) is 0 Å². The van der Waals surface area contributed by atoms with Crippen LogP contribution in [0.4, 0.5) is 11.6 Å². The number of hydrazine groups is 1. The van der Waals surface area contributed by atoms with Crippen molar-refractivity contribution in [2.24, 2.45) is 11.3 Å². The Hall–Kier alpha value is -1.36. The Bertz CT molecular complexity index is 478. The van der Waals surface area contributed by atoms with E-state index in [1.807, 2.05) is 6.92 Å². The number of aromatic nitrogens is 2. The summed E-state index contributed by atoms with van der Waals surface area (Å²) in [5, 5.41) is 3.57. The van der Waals surface area contributed by atoms with Crippen LogP contribution < -0.4 is 16.6 Å². The molecule has 1 aliphatic carbocycles. The fourth-order valence-electron chi connectivity index (χ4n) is 3.16. The molecule has 5 nitrogen and oxygen atoms in total. The van der Waals surface area contributed by atoms with Gasteiger partial charge < -0.3 is 10.7 Å². The minimum atomic E-state index is 0.282. The van der Waals surface area contributed by atoms with E-state index >= 15 is 0 Å². The number of nitrogens with zero attached hydrogens (tertiary/aromatic N) is 2. The summed E-state index contributed by atoms with van der Waals surface area (Å²) in [6.07, 6.45) is 6.57. The Balaban J connectivity index is 2.20. The first-order chi connectivity index (χ1) is 10.0. The summed E-state index contributed by atoms with van der Waals surface area (Å²) in [7, 11) is 0. The molecule has 1 saturated carbocycles. The second-order valence-electron chi connectivity index (χ2n) is 6.62. The Morgan fingerprint density at radius 3 is 2.33 bits per heavy atom. The molecule has 0 saturated heterocycles. The Labute approximate surface area is 128 Å². The summed E-state index contributed by atoms with van der Waals surface area (Å²) in [6, 6.07) is 0. The van der Waals surface area contributed by atoms with E-state index in [1.165, 1.54) is 32.1 Å². The highest BCUT2D eigenvalue weighted by molar-refractivity contribution is 5.57. The Morgan fingerprint density at radius 1 is 1.19 bits per heavy atom. The first kappa shape index (κ1) is 16.0. The number of nitrogens with two attached hydrogens (primary N) is 1. The molecule has 0 aliphatic heterocycles. The number of anilines is 2. The van der Waals surface area contributed by atoms with E-state index in [0.29, 0.717) is 11.2 Å². The molecule has 0 aromatic carbocycles. The van der Waals surface area contributed by atoms with Crippen molar-refractivity contribution in [2.75, 3.05) is 17.3 Å². The van der Waals surface area contributed by atoms with Crippen molar-refractivity contribution in [1.82, 2.24) is 9.97 Å². The highest BCUT2D eigenvalue weighted by Crippen LogP contribution is 2.41. The third-order valence-electron chi connectivity index (χ3n) is 4.86. The maximum atomic E-state index is 5.59. The van der Waals surface area contributed by atoms with Crippen molar-refractivity contribution < 1.29 is 0 Å². The van der Waals surface area contributed by atoms with Gasteiger partial charge in [0.25, 0.3) is 0 Å². The molecule has 0 bridgehead atoms. The average Bonchev–Trinajstić information content (AvgIpc) is 2.95. The zero-order chi connectivity index (χ0) is 15.5. The molecular formula is C16H29N5. The Morgan fingerprint density at radius 2 is 1.81 bits per heavy atom. The number of hydrogen-bond donors (Lipinski definition) is 3.